The van der Waals surface area contributed by atoms with Gasteiger partial charge >= 0.3 is 0 Å². The zero-order chi connectivity index (χ0) is 12.1. The third kappa shape index (κ3) is 3.78. The number of hydrogen-bond donors (Lipinski definition) is 1. The molecule has 2 heterocycles. The van der Waals surface area contributed by atoms with Crippen LogP contribution in [-0.4, -0.2) is 43.8 Å². The summed E-state index contributed by atoms with van der Waals surface area (Å²) < 4.78 is 5.43. The molecule has 0 spiro atoms. The standard InChI is InChI=1S/C13H22N2OS/c1-11-3-8-17-13(11)9-14-4-5-15-6-7-16-10-12(15)2/h3,8,12,14H,4-7,9-10H2,1-2H3. The summed E-state index contributed by atoms with van der Waals surface area (Å²) >= 11 is 1.84. The van der Waals surface area contributed by atoms with Crippen LogP contribution in [0.5, 0.6) is 0 Å². The Morgan fingerprint density at radius 2 is 2.47 bits per heavy atom. The van der Waals surface area contributed by atoms with Crippen molar-refractivity contribution in [1.29, 1.82) is 0 Å². The molecular formula is C13H22N2OS. The predicted octanol–water partition coefficient (Wildman–Crippen LogP) is 1.87. The summed E-state index contributed by atoms with van der Waals surface area (Å²) in [7, 11) is 0. The average molecular weight is 254 g/mol. The zero-order valence-electron chi connectivity index (χ0n) is 10.7. The van der Waals surface area contributed by atoms with Gasteiger partial charge in [0.05, 0.1) is 13.2 Å². The number of hydrogen-bond acceptors (Lipinski definition) is 4. The fourth-order valence-corrected chi connectivity index (χ4v) is 2.98. The molecule has 0 aliphatic carbocycles. The molecule has 1 aliphatic heterocycles. The minimum atomic E-state index is 0.564. The highest BCUT2D eigenvalue weighted by Crippen LogP contribution is 2.14. The van der Waals surface area contributed by atoms with Crippen LogP contribution in [0.4, 0.5) is 0 Å². The summed E-state index contributed by atoms with van der Waals surface area (Å²) in [6, 6.07) is 2.75. The maximum absolute atomic E-state index is 5.43. The molecule has 1 saturated heterocycles. The Morgan fingerprint density at radius 3 is 3.18 bits per heavy atom. The molecule has 0 amide bonds. The Hall–Kier alpha value is -0.420. The SMILES string of the molecule is Cc1ccsc1CNCCN1CCOCC1C. The summed E-state index contributed by atoms with van der Waals surface area (Å²) in [6.07, 6.45) is 0. The van der Waals surface area contributed by atoms with Crippen molar-refractivity contribution in [3.8, 4) is 0 Å². The van der Waals surface area contributed by atoms with Crippen molar-refractivity contribution in [2.45, 2.75) is 26.4 Å². The number of thiophene rings is 1. The number of nitrogens with zero attached hydrogens (tertiary/aromatic N) is 1. The Bertz CT molecular complexity index is 340. The summed E-state index contributed by atoms with van der Waals surface area (Å²) in [5.74, 6) is 0. The van der Waals surface area contributed by atoms with Crippen molar-refractivity contribution in [1.82, 2.24) is 10.2 Å². The molecule has 0 bridgehead atoms. The summed E-state index contributed by atoms with van der Waals surface area (Å²) in [4.78, 5) is 3.96. The molecule has 0 aromatic carbocycles. The van der Waals surface area contributed by atoms with Crippen molar-refractivity contribution in [2.75, 3.05) is 32.8 Å². The van der Waals surface area contributed by atoms with Crippen molar-refractivity contribution >= 4 is 11.3 Å². The first-order valence-electron chi connectivity index (χ1n) is 6.33. The van der Waals surface area contributed by atoms with Gasteiger partial charge in [0.15, 0.2) is 0 Å². The second kappa shape index (κ2) is 6.50. The molecule has 17 heavy (non-hydrogen) atoms. The van der Waals surface area contributed by atoms with Gasteiger partial charge in [-0.25, -0.2) is 0 Å². The van der Waals surface area contributed by atoms with E-state index in [1.54, 1.807) is 0 Å². The van der Waals surface area contributed by atoms with Crippen LogP contribution in [0, 0.1) is 6.92 Å². The molecule has 4 heteroatoms. The van der Waals surface area contributed by atoms with E-state index in [9.17, 15) is 0 Å². The maximum Gasteiger partial charge on any atom is 0.0619 e. The quantitative estimate of drug-likeness (QED) is 0.812. The molecule has 1 aromatic rings. The molecule has 1 aromatic heterocycles. The first-order valence-corrected chi connectivity index (χ1v) is 7.21. The van der Waals surface area contributed by atoms with Crippen LogP contribution in [0.2, 0.25) is 0 Å². The molecule has 1 N–H and O–H groups in total. The zero-order valence-corrected chi connectivity index (χ0v) is 11.6. The van der Waals surface area contributed by atoms with E-state index in [-0.39, 0.29) is 0 Å². The van der Waals surface area contributed by atoms with Crippen LogP contribution in [0.3, 0.4) is 0 Å². The molecule has 0 radical (unpaired) electrons. The Morgan fingerprint density at radius 1 is 1.59 bits per heavy atom. The fourth-order valence-electron chi connectivity index (χ4n) is 2.10. The average Bonchev–Trinajstić information content (AvgIpc) is 2.73. The van der Waals surface area contributed by atoms with Gasteiger partial charge in [-0.2, -0.15) is 0 Å². The lowest BCUT2D eigenvalue weighted by molar-refractivity contribution is 0.000410. The minimum Gasteiger partial charge on any atom is -0.379 e. The van der Waals surface area contributed by atoms with Crippen LogP contribution in [-0.2, 0) is 11.3 Å². The first-order chi connectivity index (χ1) is 8.27. The second-order valence-corrected chi connectivity index (χ2v) is 5.66. The van der Waals surface area contributed by atoms with Gasteiger partial charge in [0.2, 0.25) is 0 Å². The van der Waals surface area contributed by atoms with E-state index in [0.29, 0.717) is 6.04 Å². The highest BCUT2D eigenvalue weighted by Gasteiger charge is 2.17. The monoisotopic (exact) mass is 254 g/mol. The summed E-state index contributed by atoms with van der Waals surface area (Å²) in [5.41, 5.74) is 1.40. The van der Waals surface area contributed by atoms with E-state index in [1.165, 1.54) is 10.4 Å². The smallest absolute Gasteiger partial charge is 0.0619 e. The molecule has 96 valence electrons. The van der Waals surface area contributed by atoms with Gasteiger partial charge in [-0.05, 0) is 30.9 Å². The molecule has 1 fully saturated rings. The van der Waals surface area contributed by atoms with Crippen LogP contribution < -0.4 is 5.32 Å². The van der Waals surface area contributed by atoms with Gasteiger partial charge in [-0.1, -0.05) is 0 Å². The molecule has 1 atom stereocenters. The van der Waals surface area contributed by atoms with Gasteiger partial charge in [0, 0.05) is 37.1 Å². The number of nitrogens with one attached hydrogen (secondary N) is 1. The number of aryl methyl sites for hydroxylation is 1. The lowest BCUT2D eigenvalue weighted by atomic mass is 10.2. The minimum absolute atomic E-state index is 0.564. The van der Waals surface area contributed by atoms with Gasteiger partial charge in [0.25, 0.3) is 0 Å². The van der Waals surface area contributed by atoms with Crippen LogP contribution in [0.25, 0.3) is 0 Å². The first kappa shape index (κ1) is 13.0. The second-order valence-electron chi connectivity index (χ2n) is 4.66. The number of morpholine rings is 1. The van der Waals surface area contributed by atoms with Crippen LogP contribution in [0.15, 0.2) is 11.4 Å². The Labute approximate surface area is 108 Å². The number of ether oxygens (including phenoxy) is 1. The van der Waals surface area contributed by atoms with E-state index in [4.69, 9.17) is 4.74 Å². The molecular weight excluding hydrogens is 232 g/mol. The van der Waals surface area contributed by atoms with E-state index in [1.807, 2.05) is 11.3 Å². The molecule has 2 rings (SSSR count). The largest absolute Gasteiger partial charge is 0.379 e. The van der Waals surface area contributed by atoms with Gasteiger partial charge in [0.1, 0.15) is 0 Å². The van der Waals surface area contributed by atoms with Crippen LogP contribution in [0.1, 0.15) is 17.4 Å². The van der Waals surface area contributed by atoms with Crippen molar-refractivity contribution < 1.29 is 4.74 Å². The molecule has 0 saturated carbocycles. The fraction of sp³-hybridized carbons (Fsp3) is 0.692. The van der Waals surface area contributed by atoms with Gasteiger partial charge in [-0.3, -0.25) is 4.90 Å². The van der Waals surface area contributed by atoms with Crippen molar-refractivity contribution in [2.24, 2.45) is 0 Å². The van der Waals surface area contributed by atoms with Crippen LogP contribution >= 0.6 is 11.3 Å². The van der Waals surface area contributed by atoms with Crippen molar-refractivity contribution in [3.05, 3.63) is 21.9 Å². The van der Waals surface area contributed by atoms with Gasteiger partial charge in [-0.15, -0.1) is 11.3 Å². The number of rotatable bonds is 5. The lowest BCUT2D eigenvalue weighted by Crippen LogP contribution is -2.46. The maximum atomic E-state index is 5.43. The van der Waals surface area contributed by atoms with Crippen molar-refractivity contribution in [3.63, 3.8) is 0 Å². The highest BCUT2D eigenvalue weighted by atomic mass is 32.1. The third-order valence-electron chi connectivity index (χ3n) is 3.33. The van der Waals surface area contributed by atoms with E-state index >= 15 is 0 Å². The molecule has 1 aliphatic rings. The van der Waals surface area contributed by atoms with E-state index in [0.717, 1.165) is 39.4 Å². The van der Waals surface area contributed by atoms with Gasteiger partial charge < -0.3 is 10.1 Å². The Balaban J connectivity index is 1.64. The lowest BCUT2D eigenvalue weighted by Gasteiger charge is -2.33. The third-order valence-corrected chi connectivity index (χ3v) is 4.36. The highest BCUT2D eigenvalue weighted by molar-refractivity contribution is 7.10. The predicted molar refractivity (Wildman–Crippen MR) is 72.6 cm³/mol. The molecule has 1 unspecified atom stereocenters. The molecule has 3 nitrogen and oxygen atoms in total. The van der Waals surface area contributed by atoms with E-state index < -0.39 is 0 Å². The normalized spacial score (nSPS) is 21.9. The van der Waals surface area contributed by atoms with E-state index in [2.05, 4.69) is 35.5 Å². The topological polar surface area (TPSA) is 24.5 Å². The summed E-state index contributed by atoms with van der Waals surface area (Å²) in [5, 5.41) is 5.69. The summed E-state index contributed by atoms with van der Waals surface area (Å²) in [6.45, 7) is 10.4. The Kier molecular flexibility index (Phi) is 4.98.